The summed E-state index contributed by atoms with van der Waals surface area (Å²) in [7, 11) is 3.39. The van der Waals surface area contributed by atoms with Gasteiger partial charge < -0.3 is 20.1 Å². The van der Waals surface area contributed by atoms with Crippen molar-refractivity contribution < 1.29 is 14.3 Å². The van der Waals surface area contributed by atoms with Gasteiger partial charge in [0.1, 0.15) is 5.75 Å². The predicted octanol–water partition coefficient (Wildman–Crippen LogP) is 3.02. The third-order valence-electron chi connectivity index (χ3n) is 3.89. The molecule has 2 N–H and O–H groups in total. The van der Waals surface area contributed by atoms with Crippen molar-refractivity contribution in [1.82, 2.24) is 0 Å². The summed E-state index contributed by atoms with van der Waals surface area (Å²) in [6.45, 7) is 1.49. The Morgan fingerprint density at radius 1 is 1.19 bits per heavy atom. The zero-order valence-corrected chi connectivity index (χ0v) is 12.9. The van der Waals surface area contributed by atoms with Crippen molar-refractivity contribution in [3.05, 3.63) is 18.2 Å². The maximum Gasteiger partial charge on any atom is 0.221 e. The third kappa shape index (κ3) is 4.36. The molecule has 0 heterocycles. The molecule has 0 atom stereocenters. The number of rotatable bonds is 5. The number of hydrogen-bond acceptors (Lipinski definition) is 4. The van der Waals surface area contributed by atoms with E-state index in [-0.39, 0.29) is 5.91 Å². The number of methoxy groups -OCH3 is 2. The van der Waals surface area contributed by atoms with Crippen LogP contribution in [0.3, 0.4) is 0 Å². The van der Waals surface area contributed by atoms with Crippen molar-refractivity contribution in [1.29, 1.82) is 0 Å². The lowest BCUT2D eigenvalue weighted by atomic mass is 9.93. The molecule has 0 bridgehead atoms. The van der Waals surface area contributed by atoms with Crippen LogP contribution < -0.4 is 15.4 Å². The van der Waals surface area contributed by atoms with E-state index in [2.05, 4.69) is 10.6 Å². The number of carbonyl (C=O) groups is 1. The molecule has 1 aliphatic carbocycles. The molecule has 5 nitrogen and oxygen atoms in total. The van der Waals surface area contributed by atoms with Gasteiger partial charge in [0.05, 0.1) is 18.9 Å². The van der Waals surface area contributed by atoms with Crippen molar-refractivity contribution in [2.24, 2.45) is 0 Å². The van der Waals surface area contributed by atoms with Gasteiger partial charge in [0.25, 0.3) is 0 Å². The number of hydrogen-bond donors (Lipinski definition) is 2. The first-order chi connectivity index (χ1) is 10.1. The van der Waals surface area contributed by atoms with E-state index in [1.165, 1.54) is 6.92 Å². The highest BCUT2D eigenvalue weighted by atomic mass is 16.5. The molecule has 21 heavy (non-hydrogen) atoms. The molecule has 2 rings (SSSR count). The highest BCUT2D eigenvalue weighted by Crippen LogP contribution is 2.30. The summed E-state index contributed by atoms with van der Waals surface area (Å²) in [5, 5.41) is 6.29. The Morgan fingerprint density at radius 2 is 1.90 bits per heavy atom. The zero-order chi connectivity index (χ0) is 15.2. The molecular formula is C16H24N2O3. The molecule has 1 aliphatic rings. The number of benzene rings is 1. The van der Waals surface area contributed by atoms with E-state index in [1.54, 1.807) is 14.2 Å². The maximum atomic E-state index is 11.1. The topological polar surface area (TPSA) is 59.6 Å². The van der Waals surface area contributed by atoms with Crippen LogP contribution in [0.25, 0.3) is 0 Å². The molecule has 5 heteroatoms. The van der Waals surface area contributed by atoms with Gasteiger partial charge in [-0.2, -0.15) is 0 Å². The fourth-order valence-corrected chi connectivity index (χ4v) is 2.75. The van der Waals surface area contributed by atoms with Gasteiger partial charge in [-0.05, 0) is 37.8 Å². The van der Waals surface area contributed by atoms with Crippen LogP contribution in [0.15, 0.2) is 18.2 Å². The van der Waals surface area contributed by atoms with E-state index in [0.29, 0.717) is 23.6 Å². The Hall–Kier alpha value is -1.75. The molecule has 116 valence electrons. The van der Waals surface area contributed by atoms with Crippen molar-refractivity contribution in [3.63, 3.8) is 0 Å². The average Bonchev–Trinajstić information content (AvgIpc) is 2.49. The number of anilines is 2. The van der Waals surface area contributed by atoms with Gasteiger partial charge in [-0.25, -0.2) is 0 Å². The summed E-state index contributed by atoms with van der Waals surface area (Å²) < 4.78 is 10.7. The molecule has 0 unspecified atom stereocenters. The van der Waals surface area contributed by atoms with E-state index < -0.39 is 0 Å². The number of nitrogens with one attached hydrogen (secondary N) is 2. The maximum absolute atomic E-state index is 11.1. The van der Waals surface area contributed by atoms with Crippen molar-refractivity contribution >= 4 is 17.3 Å². The van der Waals surface area contributed by atoms with Crippen LogP contribution in [-0.2, 0) is 9.53 Å². The Labute approximate surface area is 126 Å². The molecule has 0 aliphatic heterocycles. The Balaban J connectivity index is 1.99. The molecule has 1 saturated carbocycles. The lowest BCUT2D eigenvalue weighted by molar-refractivity contribution is -0.114. The van der Waals surface area contributed by atoms with E-state index in [0.717, 1.165) is 31.4 Å². The number of ether oxygens (including phenoxy) is 2. The minimum absolute atomic E-state index is 0.105. The van der Waals surface area contributed by atoms with Gasteiger partial charge in [-0.1, -0.05) is 0 Å². The highest BCUT2D eigenvalue weighted by Gasteiger charge is 2.20. The fraction of sp³-hybridized carbons (Fsp3) is 0.562. The van der Waals surface area contributed by atoms with Gasteiger partial charge in [0.15, 0.2) is 0 Å². The minimum atomic E-state index is -0.105. The Morgan fingerprint density at radius 3 is 2.48 bits per heavy atom. The smallest absolute Gasteiger partial charge is 0.221 e. The molecule has 0 radical (unpaired) electrons. The van der Waals surface area contributed by atoms with Crippen LogP contribution in [0.2, 0.25) is 0 Å². The van der Waals surface area contributed by atoms with Gasteiger partial charge in [0.2, 0.25) is 5.91 Å². The SMILES string of the molecule is COc1cc(NC2CCC(OC)CC2)ccc1NC(C)=O. The quantitative estimate of drug-likeness (QED) is 0.876. The van der Waals surface area contributed by atoms with Crippen molar-refractivity contribution in [2.45, 2.75) is 44.8 Å². The van der Waals surface area contributed by atoms with E-state index >= 15 is 0 Å². The van der Waals surface area contributed by atoms with Crippen LogP contribution in [0, 0.1) is 0 Å². The monoisotopic (exact) mass is 292 g/mol. The van der Waals surface area contributed by atoms with Gasteiger partial charge >= 0.3 is 0 Å². The summed E-state index contributed by atoms with van der Waals surface area (Å²) in [4.78, 5) is 11.1. The fourth-order valence-electron chi connectivity index (χ4n) is 2.75. The molecule has 1 aromatic carbocycles. The molecule has 0 spiro atoms. The summed E-state index contributed by atoms with van der Waals surface area (Å²) in [6.07, 6.45) is 4.80. The second-order valence-corrected chi connectivity index (χ2v) is 5.45. The Bertz CT molecular complexity index is 482. The minimum Gasteiger partial charge on any atom is -0.494 e. The zero-order valence-electron chi connectivity index (χ0n) is 12.9. The molecule has 1 fully saturated rings. The first-order valence-corrected chi connectivity index (χ1v) is 7.37. The van der Waals surface area contributed by atoms with E-state index in [4.69, 9.17) is 9.47 Å². The lowest BCUT2D eigenvalue weighted by Gasteiger charge is -2.29. The predicted molar refractivity (Wildman–Crippen MR) is 84.0 cm³/mol. The largest absolute Gasteiger partial charge is 0.494 e. The molecule has 1 aromatic rings. The number of carbonyl (C=O) groups excluding carboxylic acids is 1. The number of amides is 1. The second kappa shape index (κ2) is 7.31. The van der Waals surface area contributed by atoms with Gasteiger partial charge in [-0.3, -0.25) is 4.79 Å². The summed E-state index contributed by atoms with van der Waals surface area (Å²) in [5.74, 6) is 0.563. The average molecular weight is 292 g/mol. The van der Waals surface area contributed by atoms with Crippen molar-refractivity contribution in [2.75, 3.05) is 24.9 Å². The normalized spacial score (nSPS) is 21.7. The van der Waals surface area contributed by atoms with E-state index in [1.807, 2.05) is 18.2 Å². The van der Waals surface area contributed by atoms with Crippen LogP contribution in [-0.4, -0.2) is 32.3 Å². The molecule has 0 saturated heterocycles. The molecule has 0 aromatic heterocycles. The first-order valence-electron chi connectivity index (χ1n) is 7.37. The highest BCUT2D eigenvalue weighted by molar-refractivity contribution is 5.90. The molecule has 1 amide bonds. The third-order valence-corrected chi connectivity index (χ3v) is 3.89. The van der Waals surface area contributed by atoms with Crippen LogP contribution in [0.1, 0.15) is 32.6 Å². The van der Waals surface area contributed by atoms with Crippen LogP contribution >= 0.6 is 0 Å². The van der Waals surface area contributed by atoms with Crippen LogP contribution in [0.5, 0.6) is 5.75 Å². The molecular weight excluding hydrogens is 268 g/mol. The Kier molecular flexibility index (Phi) is 5.44. The summed E-state index contributed by atoms with van der Waals surface area (Å²) >= 11 is 0. The van der Waals surface area contributed by atoms with E-state index in [9.17, 15) is 4.79 Å². The summed E-state index contributed by atoms with van der Waals surface area (Å²) in [6, 6.07) is 6.22. The van der Waals surface area contributed by atoms with Gasteiger partial charge in [0, 0.05) is 31.8 Å². The van der Waals surface area contributed by atoms with Crippen molar-refractivity contribution in [3.8, 4) is 5.75 Å². The first kappa shape index (κ1) is 15.6. The second-order valence-electron chi connectivity index (χ2n) is 5.45. The summed E-state index contributed by atoms with van der Waals surface area (Å²) in [5.41, 5.74) is 1.71. The van der Waals surface area contributed by atoms with Gasteiger partial charge in [-0.15, -0.1) is 0 Å². The standard InChI is InChI=1S/C16H24N2O3/c1-11(19)17-15-9-6-13(10-16(15)21-3)18-12-4-7-14(20-2)8-5-12/h6,9-10,12,14,18H,4-5,7-8H2,1-3H3,(H,17,19). The lowest BCUT2D eigenvalue weighted by Crippen LogP contribution is -2.29. The van der Waals surface area contributed by atoms with Crippen LogP contribution in [0.4, 0.5) is 11.4 Å².